The number of hydrogen-bond acceptors (Lipinski definition) is 4. The Kier molecular flexibility index (Phi) is 4.16. The summed E-state index contributed by atoms with van der Waals surface area (Å²) in [5.41, 5.74) is 7.11. The summed E-state index contributed by atoms with van der Waals surface area (Å²) in [6.07, 6.45) is 0. The lowest BCUT2D eigenvalue weighted by atomic mass is 10.2. The van der Waals surface area contributed by atoms with Gasteiger partial charge in [0.25, 0.3) is 5.91 Å². The van der Waals surface area contributed by atoms with Crippen LogP contribution in [0.4, 0.5) is 5.69 Å². The first kappa shape index (κ1) is 15.3. The number of nitrogens with zero attached hydrogens (tertiary/aromatic N) is 1. The van der Waals surface area contributed by atoms with Crippen LogP contribution in [0, 0.1) is 0 Å². The summed E-state index contributed by atoms with van der Waals surface area (Å²) in [6.45, 7) is 0. The third kappa shape index (κ3) is 3.27. The number of carbonyl (C=O) groups is 1. The number of benzene rings is 2. The molecular formula is C17H13BrN2O3. The monoisotopic (exact) mass is 372 g/mol. The molecule has 0 radical (unpaired) electrons. The van der Waals surface area contributed by atoms with Gasteiger partial charge in [-0.05, 0) is 48.5 Å². The molecule has 6 heteroatoms. The zero-order chi connectivity index (χ0) is 16.4. The van der Waals surface area contributed by atoms with E-state index in [0.29, 0.717) is 11.3 Å². The second kappa shape index (κ2) is 6.26. The lowest BCUT2D eigenvalue weighted by Gasteiger charge is -2.03. The van der Waals surface area contributed by atoms with Crippen LogP contribution in [-0.4, -0.2) is 13.0 Å². The van der Waals surface area contributed by atoms with E-state index in [2.05, 4.69) is 20.9 Å². The Balaban J connectivity index is 2.21. The first-order valence-corrected chi connectivity index (χ1v) is 7.58. The lowest BCUT2D eigenvalue weighted by Crippen LogP contribution is -2.21. The largest absolute Gasteiger partial charge is 0.497 e. The number of nitrogens with two attached hydrogens (primary N) is 1. The Bertz CT molecular complexity index is 946. The highest BCUT2D eigenvalue weighted by Crippen LogP contribution is 2.21. The van der Waals surface area contributed by atoms with Crippen molar-refractivity contribution in [2.45, 2.75) is 0 Å². The van der Waals surface area contributed by atoms with Crippen LogP contribution in [0.5, 0.6) is 5.75 Å². The smallest absolute Gasteiger partial charge is 0.254 e. The molecule has 116 valence electrons. The van der Waals surface area contributed by atoms with E-state index in [1.54, 1.807) is 43.5 Å². The molecule has 23 heavy (non-hydrogen) atoms. The highest BCUT2D eigenvalue weighted by Gasteiger charge is 2.09. The molecule has 1 heterocycles. The van der Waals surface area contributed by atoms with E-state index in [9.17, 15) is 4.79 Å². The Morgan fingerprint density at radius 1 is 1.17 bits per heavy atom. The molecule has 3 aromatic rings. The Labute approximate surface area is 140 Å². The molecular weight excluding hydrogens is 360 g/mol. The van der Waals surface area contributed by atoms with E-state index in [0.717, 1.165) is 15.6 Å². The van der Waals surface area contributed by atoms with E-state index >= 15 is 0 Å². The van der Waals surface area contributed by atoms with Crippen molar-refractivity contribution in [1.29, 1.82) is 0 Å². The molecule has 2 aromatic carbocycles. The molecule has 0 fully saturated rings. The maximum absolute atomic E-state index is 11.7. The molecule has 0 spiro atoms. The van der Waals surface area contributed by atoms with Crippen molar-refractivity contribution >= 4 is 38.5 Å². The van der Waals surface area contributed by atoms with Gasteiger partial charge in [-0.25, -0.2) is 4.99 Å². The van der Waals surface area contributed by atoms with Gasteiger partial charge in [0.05, 0.1) is 12.8 Å². The van der Waals surface area contributed by atoms with Crippen LogP contribution in [-0.2, 0) is 0 Å². The molecule has 0 atom stereocenters. The maximum atomic E-state index is 11.7. The van der Waals surface area contributed by atoms with Gasteiger partial charge in [-0.15, -0.1) is 0 Å². The highest BCUT2D eigenvalue weighted by molar-refractivity contribution is 9.10. The van der Waals surface area contributed by atoms with Gasteiger partial charge in [0.1, 0.15) is 16.9 Å². The summed E-state index contributed by atoms with van der Waals surface area (Å²) in [7, 11) is 1.59. The van der Waals surface area contributed by atoms with Gasteiger partial charge in [-0.2, -0.15) is 0 Å². The number of fused-ring (bicyclic) bond motifs is 1. The van der Waals surface area contributed by atoms with Gasteiger partial charge < -0.3 is 14.9 Å². The fourth-order valence-electron chi connectivity index (χ4n) is 2.14. The second-order valence-corrected chi connectivity index (χ2v) is 5.74. The number of ether oxygens (including phenoxy) is 1. The predicted octanol–water partition coefficient (Wildman–Crippen LogP) is 3.54. The predicted molar refractivity (Wildman–Crippen MR) is 90.6 cm³/mol. The third-order valence-corrected chi connectivity index (χ3v) is 3.77. The third-order valence-electron chi connectivity index (χ3n) is 3.28. The number of carbonyl (C=O) groups excluding carboxylic acids is 1. The Morgan fingerprint density at radius 3 is 2.57 bits per heavy atom. The normalized spacial score (nSPS) is 11.7. The minimum absolute atomic E-state index is 0.178. The molecule has 5 nitrogen and oxygen atoms in total. The quantitative estimate of drug-likeness (QED) is 0.763. The van der Waals surface area contributed by atoms with Crippen molar-refractivity contribution in [3.05, 3.63) is 64.1 Å². The van der Waals surface area contributed by atoms with Crippen LogP contribution in [0.3, 0.4) is 0 Å². The number of hydrogen-bond donors (Lipinski definition) is 1. The highest BCUT2D eigenvalue weighted by atomic mass is 79.9. The molecule has 0 unspecified atom stereocenters. The minimum Gasteiger partial charge on any atom is -0.497 e. The van der Waals surface area contributed by atoms with Crippen LogP contribution in [0.15, 0.2) is 62.4 Å². The molecule has 0 aliphatic rings. The first-order chi connectivity index (χ1) is 11.1. The molecule has 1 aromatic heterocycles. The van der Waals surface area contributed by atoms with E-state index in [-0.39, 0.29) is 11.1 Å². The zero-order valence-corrected chi connectivity index (χ0v) is 13.8. The van der Waals surface area contributed by atoms with Gasteiger partial charge in [-0.1, -0.05) is 15.9 Å². The Hall–Kier alpha value is -2.60. The maximum Gasteiger partial charge on any atom is 0.254 e. The van der Waals surface area contributed by atoms with E-state index in [1.165, 1.54) is 0 Å². The summed E-state index contributed by atoms with van der Waals surface area (Å²) in [6, 6.07) is 14.3. The number of primary amides is 1. The van der Waals surface area contributed by atoms with Crippen molar-refractivity contribution in [3.63, 3.8) is 0 Å². The van der Waals surface area contributed by atoms with Crippen molar-refractivity contribution in [1.82, 2.24) is 0 Å². The summed E-state index contributed by atoms with van der Waals surface area (Å²) in [4.78, 5) is 16.1. The first-order valence-electron chi connectivity index (χ1n) is 6.79. The molecule has 3 rings (SSSR count). The van der Waals surface area contributed by atoms with Crippen LogP contribution >= 0.6 is 15.9 Å². The van der Waals surface area contributed by atoms with Gasteiger partial charge in [0.2, 0.25) is 5.55 Å². The average Bonchev–Trinajstić information content (AvgIpc) is 2.55. The summed E-state index contributed by atoms with van der Waals surface area (Å²) in [5.74, 6) is 0.127. The van der Waals surface area contributed by atoms with Crippen LogP contribution < -0.4 is 16.0 Å². The SMILES string of the molecule is COc1ccc(/N=c2\oc3ccc(Br)cc3cc2C(N)=O)cc1. The second-order valence-electron chi connectivity index (χ2n) is 4.82. The Morgan fingerprint density at radius 2 is 1.91 bits per heavy atom. The number of amides is 1. The number of rotatable bonds is 3. The molecule has 0 saturated carbocycles. The van der Waals surface area contributed by atoms with Crippen molar-refractivity contribution in [3.8, 4) is 5.75 Å². The van der Waals surface area contributed by atoms with E-state index in [1.807, 2.05) is 12.1 Å². The molecule has 1 amide bonds. The summed E-state index contributed by atoms with van der Waals surface area (Å²) < 4.78 is 11.7. The molecule has 0 aliphatic carbocycles. The van der Waals surface area contributed by atoms with Crippen LogP contribution in [0.2, 0.25) is 0 Å². The van der Waals surface area contributed by atoms with Crippen molar-refractivity contribution in [2.24, 2.45) is 10.7 Å². The van der Waals surface area contributed by atoms with Gasteiger partial charge in [0.15, 0.2) is 0 Å². The average molecular weight is 373 g/mol. The number of halogens is 1. The zero-order valence-electron chi connectivity index (χ0n) is 12.2. The van der Waals surface area contributed by atoms with E-state index in [4.69, 9.17) is 14.9 Å². The summed E-state index contributed by atoms with van der Waals surface area (Å²) in [5, 5.41) is 0.766. The number of methoxy groups -OCH3 is 1. The van der Waals surface area contributed by atoms with Crippen LogP contribution in [0.25, 0.3) is 11.0 Å². The molecule has 0 aliphatic heterocycles. The molecule has 0 saturated heterocycles. The van der Waals surface area contributed by atoms with Gasteiger partial charge >= 0.3 is 0 Å². The molecule has 2 N–H and O–H groups in total. The minimum atomic E-state index is -0.595. The topological polar surface area (TPSA) is 77.8 Å². The van der Waals surface area contributed by atoms with Crippen LogP contribution in [0.1, 0.15) is 10.4 Å². The van der Waals surface area contributed by atoms with Gasteiger partial charge in [-0.3, -0.25) is 4.79 Å². The van der Waals surface area contributed by atoms with Gasteiger partial charge in [0, 0.05) is 9.86 Å². The standard InChI is InChI=1S/C17H13BrN2O3/c1-22-13-5-3-12(4-6-13)20-17-14(16(19)21)9-10-8-11(18)2-7-15(10)23-17/h2-9H,1H3,(H2,19,21)/b20-17-. The van der Waals surface area contributed by atoms with Crippen molar-refractivity contribution < 1.29 is 13.9 Å². The fourth-order valence-corrected chi connectivity index (χ4v) is 2.51. The fraction of sp³-hybridized carbons (Fsp3) is 0.0588. The molecule has 0 bridgehead atoms. The van der Waals surface area contributed by atoms with E-state index < -0.39 is 5.91 Å². The summed E-state index contributed by atoms with van der Waals surface area (Å²) >= 11 is 3.39. The lowest BCUT2D eigenvalue weighted by molar-refractivity contribution is 0.0996. The van der Waals surface area contributed by atoms with Crippen molar-refractivity contribution in [2.75, 3.05) is 7.11 Å².